The molecule has 25 heavy (non-hydrogen) atoms. The van der Waals surface area contributed by atoms with Gasteiger partial charge in [-0.1, -0.05) is 18.2 Å². The average molecular weight is 351 g/mol. The Balaban J connectivity index is 0.000000381. The average Bonchev–Trinajstić information content (AvgIpc) is 2.55. The zero-order valence-electron chi connectivity index (χ0n) is 15.3. The van der Waals surface area contributed by atoms with Crippen LogP contribution in [0.4, 0.5) is 5.69 Å². The molecule has 1 aromatic rings. The summed E-state index contributed by atoms with van der Waals surface area (Å²) in [7, 11) is 0. The predicted molar refractivity (Wildman–Crippen MR) is 97.6 cm³/mol. The molecule has 0 saturated carbocycles. The number of carbonyl (C=O) groups excluding carboxylic acids is 1. The summed E-state index contributed by atoms with van der Waals surface area (Å²) in [6.45, 7) is 8.84. The van der Waals surface area contributed by atoms with Gasteiger partial charge >= 0.3 is 0 Å². The van der Waals surface area contributed by atoms with Crippen LogP contribution in [0, 0.1) is 10.1 Å². The molecular formula is C18H29N3O4. The maximum Gasteiger partial charge on any atom is 0.293 e. The highest BCUT2D eigenvalue weighted by atomic mass is 16.6. The Morgan fingerprint density at radius 1 is 1.32 bits per heavy atom. The fraction of sp³-hybridized carbons (Fsp3) is 0.611. The molecule has 0 unspecified atom stereocenters. The minimum Gasteiger partial charge on any atom is -0.462 e. The molecule has 1 fully saturated rings. The number of para-hydroxylation sites is 1. The Kier molecular flexibility index (Phi) is 9.08. The van der Waals surface area contributed by atoms with Crippen molar-refractivity contribution in [2.45, 2.75) is 51.7 Å². The van der Waals surface area contributed by atoms with Gasteiger partial charge in [0.2, 0.25) is 0 Å². The van der Waals surface area contributed by atoms with E-state index in [2.05, 4.69) is 15.4 Å². The van der Waals surface area contributed by atoms with E-state index in [1.807, 2.05) is 32.9 Å². The molecule has 1 aromatic carbocycles. The SMILES string of the molecule is CC(C)(C)OC=O.O=[N+]([O-])c1ccccc1CCNC1CCNCC1. The van der Waals surface area contributed by atoms with Crippen LogP contribution in [-0.4, -0.2) is 42.7 Å². The lowest BCUT2D eigenvalue weighted by Gasteiger charge is -2.23. The van der Waals surface area contributed by atoms with Crippen molar-refractivity contribution in [1.82, 2.24) is 10.6 Å². The van der Waals surface area contributed by atoms with Crippen LogP contribution in [-0.2, 0) is 16.0 Å². The van der Waals surface area contributed by atoms with E-state index in [0.717, 1.165) is 38.0 Å². The highest BCUT2D eigenvalue weighted by Crippen LogP contribution is 2.17. The first-order valence-electron chi connectivity index (χ1n) is 8.61. The van der Waals surface area contributed by atoms with E-state index < -0.39 is 0 Å². The van der Waals surface area contributed by atoms with Crippen molar-refractivity contribution in [1.29, 1.82) is 0 Å². The van der Waals surface area contributed by atoms with Crippen LogP contribution in [0.1, 0.15) is 39.2 Å². The number of rotatable bonds is 6. The molecule has 0 bridgehead atoms. The molecule has 140 valence electrons. The molecule has 2 N–H and O–H groups in total. The van der Waals surface area contributed by atoms with Crippen LogP contribution in [0.3, 0.4) is 0 Å². The van der Waals surface area contributed by atoms with Crippen molar-refractivity contribution in [2.75, 3.05) is 19.6 Å². The molecule has 0 radical (unpaired) electrons. The number of carbonyl (C=O) groups is 1. The molecule has 1 saturated heterocycles. The third-order valence-corrected chi connectivity index (χ3v) is 3.76. The topological polar surface area (TPSA) is 93.5 Å². The minimum absolute atomic E-state index is 0.226. The van der Waals surface area contributed by atoms with Gasteiger partial charge in [0, 0.05) is 17.7 Å². The van der Waals surface area contributed by atoms with E-state index in [1.54, 1.807) is 12.1 Å². The minimum atomic E-state index is -0.318. The normalized spacial score (nSPS) is 15.0. The molecule has 0 aromatic heterocycles. The van der Waals surface area contributed by atoms with Gasteiger partial charge < -0.3 is 15.4 Å². The van der Waals surface area contributed by atoms with Gasteiger partial charge in [0.25, 0.3) is 12.2 Å². The Morgan fingerprint density at radius 3 is 2.48 bits per heavy atom. The highest BCUT2D eigenvalue weighted by molar-refractivity contribution is 5.39. The number of hydrogen-bond donors (Lipinski definition) is 2. The monoisotopic (exact) mass is 351 g/mol. The number of piperidine rings is 1. The highest BCUT2D eigenvalue weighted by Gasteiger charge is 2.14. The van der Waals surface area contributed by atoms with E-state index in [1.165, 1.54) is 0 Å². The zero-order chi connectivity index (χ0) is 18.7. The second-order valence-electron chi connectivity index (χ2n) is 6.94. The maximum atomic E-state index is 10.9. The number of benzene rings is 1. The Labute approximate surface area is 149 Å². The fourth-order valence-electron chi connectivity index (χ4n) is 2.48. The molecule has 1 aliphatic rings. The summed E-state index contributed by atoms with van der Waals surface area (Å²) in [6, 6.07) is 7.52. The summed E-state index contributed by atoms with van der Waals surface area (Å²) in [4.78, 5) is 20.2. The van der Waals surface area contributed by atoms with E-state index in [0.29, 0.717) is 18.9 Å². The number of hydrogen-bond acceptors (Lipinski definition) is 6. The first kappa shape index (κ1) is 21.1. The van der Waals surface area contributed by atoms with Crippen molar-refractivity contribution >= 4 is 12.2 Å². The van der Waals surface area contributed by atoms with Crippen LogP contribution in [0.15, 0.2) is 24.3 Å². The summed E-state index contributed by atoms with van der Waals surface area (Å²) < 4.78 is 4.55. The number of nitro groups is 1. The molecule has 0 aliphatic carbocycles. The second-order valence-corrected chi connectivity index (χ2v) is 6.94. The molecular weight excluding hydrogens is 322 g/mol. The third-order valence-electron chi connectivity index (χ3n) is 3.76. The molecule has 0 spiro atoms. The molecule has 7 heteroatoms. The number of nitrogens with zero attached hydrogens (tertiary/aromatic N) is 1. The largest absolute Gasteiger partial charge is 0.462 e. The maximum absolute atomic E-state index is 10.9. The summed E-state index contributed by atoms with van der Waals surface area (Å²) >= 11 is 0. The van der Waals surface area contributed by atoms with Gasteiger partial charge in [0.05, 0.1) is 4.92 Å². The van der Waals surface area contributed by atoms with E-state index in [-0.39, 0.29) is 16.2 Å². The third kappa shape index (κ3) is 9.16. The van der Waals surface area contributed by atoms with Gasteiger partial charge in [0.1, 0.15) is 5.60 Å². The van der Waals surface area contributed by atoms with Crippen LogP contribution in [0.25, 0.3) is 0 Å². The first-order chi connectivity index (χ1) is 11.8. The van der Waals surface area contributed by atoms with Crippen LogP contribution >= 0.6 is 0 Å². The Bertz CT molecular complexity index is 537. The molecule has 0 atom stereocenters. The van der Waals surface area contributed by atoms with Gasteiger partial charge in [-0.05, 0) is 59.7 Å². The molecule has 1 heterocycles. The van der Waals surface area contributed by atoms with Crippen LogP contribution in [0.2, 0.25) is 0 Å². The second kappa shape index (κ2) is 10.8. The summed E-state index contributed by atoms with van der Waals surface area (Å²) in [5, 5.41) is 17.7. The Hall–Kier alpha value is -1.99. The van der Waals surface area contributed by atoms with Gasteiger partial charge in [-0.25, -0.2) is 0 Å². The van der Waals surface area contributed by atoms with Crippen LogP contribution in [0.5, 0.6) is 0 Å². The smallest absolute Gasteiger partial charge is 0.293 e. The Morgan fingerprint density at radius 2 is 1.96 bits per heavy atom. The molecule has 1 aliphatic heterocycles. The van der Waals surface area contributed by atoms with Gasteiger partial charge in [0.15, 0.2) is 0 Å². The number of nitrogens with one attached hydrogen (secondary N) is 2. The molecule has 0 amide bonds. The van der Waals surface area contributed by atoms with Crippen molar-refractivity contribution < 1.29 is 14.5 Å². The summed E-state index contributed by atoms with van der Waals surface area (Å²) in [5.74, 6) is 0. The molecule has 2 rings (SSSR count). The van der Waals surface area contributed by atoms with E-state index in [9.17, 15) is 14.9 Å². The zero-order valence-corrected chi connectivity index (χ0v) is 15.3. The van der Waals surface area contributed by atoms with Crippen LogP contribution < -0.4 is 10.6 Å². The van der Waals surface area contributed by atoms with Gasteiger partial charge in [-0.3, -0.25) is 14.9 Å². The lowest BCUT2D eigenvalue weighted by Crippen LogP contribution is -2.40. The van der Waals surface area contributed by atoms with E-state index >= 15 is 0 Å². The standard InChI is InChI=1S/C13H19N3O2.C5H10O2/c17-16(18)13-4-2-1-3-11(13)5-10-15-12-6-8-14-9-7-12;1-5(2,3)7-4-6/h1-4,12,14-15H,5-10H2;4H,1-3H3. The lowest BCUT2D eigenvalue weighted by molar-refractivity contribution is -0.385. The quantitative estimate of drug-likeness (QED) is 0.464. The van der Waals surface area contributed by atoms with Gasteiger partial charge in [-0.15, -0.1) is 0 Å². The van der Waals surface area contributed by atoms with E-state index in [4.69, 9.17) is 0 Å². The molecule has 7 nitrogen and oxygen atoms in total. The lowest BCUT2D eigenvalue weighted by atomic mass is 10.1. The van der Waals surface area contributed by atoms with Crippen molar-refractivity contribution in [3.05, 3.63) is 39.9 Å². The summed E-state index contributed by atoms with van der Waals surface area (Å²) in [6.07, 6.45) is 2.98. The number of ether oxygens (including phenoxy) is 1. The predicted octanol–water partition coefficient (Wildman–Crippen LogP) is 2.44. The van der Waals surface area contributed by atoms with Crippen molar-refractivity contribution in [2.24, 2.45) is 0 Å². The summed E-state index contributed by atoms with van der Waals surface area (Å²) in [5.41, 5.74) is 0.718. The van der Waals surface area contributed by atoms with Gasteiger partial charge in [-0.2, -0.15) is 0 Å². The number of nitro benzene ring substituents is 1. The van der Waals surface area contributed by atoms with Crippen molar-refractivity contribution in [3.63, 3.8) is 0 Å². The fourth-order valence-corrected chi connectivity index (χ4v) is 2.48. The first-order valence-corrected chi connectivity index (χ1v) is 8.61. The van der Waals surface area contributed by atoms with Crippen molar-refractivity contribution in [3.8, 4) is 0 Å².